The lowest BCUT2D eigenvalue weighted by atomic mass is 10.0. The second-order valence-corrected chi connectivity index (χ2v) is 7.23. The lowest BCUT2D eigenvalue weighted by molar-refractivity contribution is -0.116. The van der Waals surface area contributed by atoms with Crippen LogP contribution in [0.2, 0.25) is 5.02 Å². The molecule has 0 saturated heterocycles. The molecule has 1 aromatic carbocycles. The number of aryl methyl sites for hydroxylation is 1. The molecule has 0 fully saturated rings. The highest BCUT2D eigenvalue weighted by Crippen LogP contribution is 2.21. The molecule has 3 heterocycles. The predicted octanol–water partition coefficient (Wildman–Crippen LogP) is 2.00. The maximum atomic E-state index is 13.1. The molecule has 4 rings (SSSR count). The maximum Gasteiger partial charge on any atom is 0.331 e. The van der Waals surface area contributed by atoms with E-state index in [1.165, 1.54) is 4.57 Å². The molecular weight excluding hydrogens is 398 g/mol. The topological polar surface area (TPSA) is 112 Å². The van der Waals surface area contributed by atoms with Crippen molar-refractivity contribution in [3.63, 3.8) is 0 Å². The molecule has 29 heavy (non-hydrogen) atoms. The highest BCUT2D eigenvalue weighted by Gasteiger charge is 2.26. The first-order valence-corrected chi connectivity index (χ1v) is 9.54. The number of halogens is 1. The Kier molecular flexibility index (Phi) is 5.06. The number of anilines is 1. The maximum absolute atomic E-state index is 13.1. The smallest absolute Gasteiger partial charge is 0.331 e. The molecule has 0 aliphatic carbocycles. The summed E-state index contributed by atoms with van der Waals surface area (Å²) in [5.41, 5.74) is 0.191. The Balaban J connectivity index is 1.75. The van der Waals surface area contributed by atoms with Gasteiger partial charge >= 0.3 is 5.69 Å². The van der Waals surface area contributed by atoms with E-state index >= 15 is 0 Å². The highest BCUT2D eigenvalue weighted by molar-refractivity contribution is 6.30. The standard InChI is InChI=1S/C19H18ClN5O4/c1-11-21-17(23-29-11)16-14-4-2-3-9-24(14)19(28)25(18(16)27)10-15(26)22-13-7-5-12(20)6-8-13/h5-8H,2-4,9-10H2,1H3,(H,22,26). The van der Waals surface area contributed by atoms with E-state index in [1.807, 2.05) is 0 Å². The number of hydrogen-bond donors (Lipinski definition) is 1. The number of hydrogen-bond acceptors (Lipinski definition) is 6. The van der Waals surface area contributed by atoms with Gasteiger partial charge in [0.25, 0.3) is 5.56 Å². The van der Waals surface area contributed by atoms with Gasteiger partial charge in [0.05, 0.1) is 0 Å². The molecule has 2 aromatic heterocycles. The van der Waals surface area contributed by atoms with Gasteiger partial charge in [-0.15, -0.1) is 0 Å². The van der Waals surface area contributed by atoms with Gasteiger partial charge < -0.3 is 9.84 Å². The normalized spacial score (nSPS) is 13.2. The number of benzene rings is 1. The van der Waals surface area contributed by atoms with E-state index in [1.54, 1.807) is 31.2 Å². The largest absolute Gasteiger partial charge is 0.339 e. The van der Waals surface area contributed by atoms with E-state index in [0.717, 1.165) is 17.4 Å². The Labute approximate surface area is 169 Å². The van der Waals surface area contributed by atoms with E-state index in [4.69, 9.17) is 16.1 Å². The summed E-state index contributed by atoms with van der Waals surface area (Å²) in [7, 11) is 0. The lowest BCUT2D eigenvalue weighted by Crippen LogP contribution is -2.45. The zero-order valence-electron chi connectivity index (χ0n) is 15.6. The van der Waals surface area contributed by atoms with Crippen molar-refractivity contribution in [1.82, 2.24) is 19.3 Å². The molecule has 10 heteroatoms. The third-order valence-corrected chi connectivity index (χ3v) is 5.01. The van der Waals surface area contributed by atoms with Crippen molar-refractivity contribution in [3.05, 3.63) is 61.7 Å². The SMILES string of the molecule is Cc1nc(-c2c3n(c(=O)n(CC(=O)Nc4ccc(Cl)cc4)c2=O)CCCC3)no1. The number of aromatic nitrogens is 4. The number of rotatable bonds is 4. The molecule has 150 valence electrons. The van der Waals surface area contributed by atoms with Crippen LogP contribution >= 0.6 is 11.6 Å². The summed E-state index contributed by atoms with van der Waals surface area (Å²) >= 11 is 5.84. The van der Waals surface area contributed by atoms with Gasteiger partial charge in [-0.1, -0.05) is 16.8 Å². The number of amides is 1. The minimum atomic E-state index is -0.602. The van der Waals surface area contributed by atoms with E-state index in [9.17, 15) is 14.4 Å². The third-order valence-electron chi connectivity index (χ3n) is 4.76. The lowest BCUT2D eigenvalue weighted by Gasteiger charge is -2.21. The Bertz CT molecular complexity index is 1190. The fourth-order valence-electron chi connectivity index (χ4n) is 3.44. The van der Waals surface area contributed by atoms with Crippen molar-refractivity contribution < 1.29 is 9.32 Å². The molecule has 9 nitrogen and oxygen atoms in total. The molecule has 0 spiro atoms. The van der Waals surface area contributed by atoms with Crippen molar-refractivity contribution in [2.75, 3.05) is 5.32 Å². The summed E-state index contributed by atoms with van der Waals surface area (Å²) in [5.74, 6) is -0.0599. The molecule has 1 aliphatic rings. The Hall–Kier alpha value is -3.20. The second-order valence-electron chi connectivity index (χ2n) is 6.80. The number of fused-ring (bicyclic) bond motifs is 1. The van der Waals surface area contributed by atoms with Gasteiger partial charge in [-0.05, 0) is 43.5 Å². The van der Waals surface area contributed by atoms with Gasteiger partial charge in [0.2, 0.25) is 17.6 Å². The predicted molar refractivity (Wildman–Crippen MR) is 106 cm³/mol. The molecule has 0 saturated carbocycles. The zero-order chi connectivity index (χ0) is 20.5. The van der Waals surface area contributed by atoms with Crippen molar-refractivity contribution in [2.24, 2.45) is 0 Å². The average Bonchev–Trinajstić information content (AvgIpc) is 3.13. The monoisotopic (exact) mass is 415 g/mol. The minimum absolute atomic E-state index is 0.130. The van der Waals surface area contributed by atoms with Crippen molar-refractivity contribution in [1.29, 1.82) is 0 Å². The first-order valence-electron chi connectivity index (χ1n) is 9.16. The number of nitrogens with zero attached hydrogens (tertiary/aromatic N) is 4. The summed E-state index contributed by atoms with van der Waals surface area (Å²) in [5, 5.41) is 7.05. The zero-order valence-corrected chi connectivity index (χ0v) is 16.4. The van der Waals surface area contributed by atoms with Crippen LogP contribution in [0.15, 0.2) is 38.4 Å². The van der Waals surface area contributed by atoms with Crippen LogP contribution in [0.4, 0.5) is 5.69 Å². The van der Waals surface area contributed by atoms with Crippen LogP contribution in [0.3, 0.4) is 0 Å². The molecule has 1 N–H and O–H groups in total. The van der Waals surface area contributed by atoms with Crippen molar-refractivity contribution >= 4 is 23.2 Å². The van der Waals surface area contributed by atoms with Gasteiger partial charge in [-0.3, -0.25) is 18.7 Å². The summed E-state index contributed by atoms with van der Waals surface area (Å²) in [4.78, 5) is 42.7. The number of nitrogens with one attached hydrogen (secondary N) is 1. The van der Waals surface area contributed by atoms with E-state index in [0.29, 0.717) is 35.3 Å². The van der Waals surface area contributed by atoms with Gasteiger partial charge in [0.15, 0.2) is 0 Å². The minimum Gasteiger partial charge on any atom is -0.339 e. The number of carbonyl (C=O) groups excluding carboxylic acids is 1. The molecule has 0 radical (unpaired) electrons. The molecular formula is C19H18ClN5O4. The van der Waals surface area contributed by atoms with Gasteiger partial charge in [0, 0.05) is 29.9 Å². The van der Waals surface area contributed by atoms with E-state index < -0.39 is 23.7 Å². The fraction of sp³-hybridized carbons (Fsp3) is 0.316. The van der Waals surface area contributed by atoms with Gasteiger partial charge in [-0.25, -0.2) is 4.79 Å². The molecule has 1 amide bonds. The Morgan fingerprint density at radius 2 is 2.00 bits per heavy atom. The summed E-state index contributed by atoms with van der Waals surface area (Å²) in [6, 6.07) is 6.54. The average molecular weight is 416 g/mol. The van der Waals surface area contributed by atoms with E-state index in [-0.39, 0.29) is 11.4 Å². The van der Waals surface area contributed by atoms with Gasteiger partial charge in [-0.2, -0.15) is 4.98 Å². The number of carbonyl (C=O) groups is 1. The summed E-state index contributed by atoms with van der Waals surface area (Å²) in [6.07, 6.45) is 2.22. The fourth-order valence-corrected chi connectivity index (χ4v) is 3.56. The second kappa shape index (κ2) is 7.67. The molecule has 1 aliphatic heterocycles. The molecule has 0 unspecified atom stereocenters. The van der Waals surface area contributed by atoms with Crippen molar-refractivity contribution in [3.8, 4) is 11.4 Å². The molecule has 0 atom stereocenters. The van der Waals surface area contributed by atoms with Gasteiger partial charge in [0.1, 0.15) is 12.1 Å². The van der Waals surface area contributed by atoms with Crippen LogP contribution in [0.25, 0.3) is 11.4 Å². The van der Waals surface area contributed by atoms with Crippen LogP contribution < -0.4 is 16.6 Å². The van der Waals surface area contributed by atoms with Crippen LogP contribution in [0, 0.1) is 6.92 Å². The molecule has 3 aromatic rings. The Morgan fingerprint density at radius 1 is 1.24 bits per heavy atom. The summed E-state index contributed by atoms with van der Waals surface area (Å²) < 4.78 is 7.47. The first kappa shape index (κ1) is 19.1. The third kappa shape index (κ3) is 3.73. The van der Waals surface area contributed by atoms with Crippen LogP contribution in [-0.2, 0) is 24.3 Å². The Morgan fingerprint density at radius 3 is 2.69 bits per heavy atom. The highest BCUT2D eigenvalue weighted by atomic mass is 35.5. The van der Waals surface area contributed by atoms with Crippen LogP contribution in [-0.4, -0.2) is 25.2 Å². The quantitative estimate of drug-likeness (QED) is 0.697. The van der Waals surface area contributed by atoms with E-state index in [2.05, 4.69) is 15.5 Å². The molecule has 0 bridgehead atoms. The van der Waals surface area contributed by atoms with Crippen molar-refractivity contribution in [2.45, 2.75) is 39.3 Å². The summed E-state index contributed by atoms with van der Waals surface area (Å²) in [6.45, 7) is 1.66. The van der Waals surface area contributed by atoms with Crippen LogP contribution in [0.5, 0.6) is 0 Å². The first-order chi connectivity index (χ1) is 13.9. The van der Waals surface area contributed by atoms with Crippen LogP contribution in [0.1, 0.15) is 24.4 Å².